The molecule has 1 saturated heterocycles. The smallest absolute Gasteiger partial charge is 0.303 e. The van der Waals surface area contributed by atoms with Crippen molar-refractivity contribution in [3.63, 3.8) is 0 Å². The number of fused-ring (bicyclic) bond motifs is 7. The second-order valence-corrected chi connectivity index (χ2v) is 12.1. The zero-order valence-corrected chi connectivity index (χ0v) is 21.5. The summed E-state index contributed by atoms with van der Waals surface area (Å²) < 4.78 is 50.7. The van der Waals surface area contributed by atoms with Crippen LogP contribution in [0.1, 0.15) is 60.8 Å². The second kappa shape index (κ2) is 7.54. The first-order valence-electron chi connectivity index (χ1n) is 12.5. The van der Waals surface area contributed by atoms with E-state index in [-0.39, 0.29) is 30.6 Å². The summed E-state index contributed by atoms with van der Waals surface area (Å²) in [5.74, 6) is -4.20. The number of esters is 1. The molecular weight excluding hydrogens is 474 g/mol. The quantitative estimate of drug-likeness (QED) is 0.584. The number of ketones is 2. The van der Waals surface area contributed by atoms with Crippen molar-refractivity contribution in [2.45, 2.75) is 96.2 Å². The third kappa shape index (κ3) is 2.96. The number of carbonyl (C=O) groups is 3. The van der Waals surface area contributed by atoms with Crippen molar-refractivity contribution in [1.82, 2.24) is 0 Å². The summed E-state index contributed by atoms with van der Waals surface area (Å²) in [6.07, 6.45) is -1.47. The largest absolute Gasteiger partial charge is 0.458 e. The van der Waals surface area contributed by atoms with Gasteiger partial charge in [0, 0.05) is 23.7 Å². The van der Waals surface area contributed by atoms with Gasteiger partial charge in [0.25, 0.3) is 0 Å². The monoisotopic (exact) mass is 508 g/mol. The van der Waals surface area contributed by atoms with Gasteiger partial charge in [-0.1, -0.05) is 13.0 Å². The van der Waals surface area contributed by atoms with Gasteiger partial charge in [0.15, 0.2) is 29.4 Å². The third-order valence-electron chi connectivity index (χ3n) is 9.74. The fourth-order valence-corrected chi connectivity index (χ4v) is 8.36. The molecule has 5 aliphatic rings. The molecular formula is C27H34F2O7. The number of aliphatic hydroxyl groups excluding tert-OH is 1. The number of hydrogen-bond donors (Lipinski definition) is 1. The Kier molecular flexibility index (Phi) is 5.38. The van der Waals surface area contributed by atoms with Crippen molar-refractivity contribution in [3.8, 4) is 0 Å². The minimum absolute atomic E-state index is 0.0481. The summed E-state index contributed by atoms with van der Waals surface area (Å²) in [5, 5.41) is 11.6. The molecule has 5 rings (SSSR count). The predicted octanol–water partition coefficient (Wildman–Crippen LogP) is 3.33. The number of aliphatic hydroxyl groups is 1. The van der Waals surface area contributed by atoms with Crippen LogP contribution in [-0.2, 0) is 28.6 Å². The molecule has 0 unspecified atom stereocenters. The zero-order chi connectivity index (χ0) is 26.6. The predicted molar refractivity (Wildman–Crippen MR) is 123 cm³/mol. The Balaban J connectivity index is 1.63. The maximum atomic E-state index is 17.5. The average molecular weight is 509 g/mol. The highest BCUT2D eigenvalue weighted by Crippen LogP contribution is 2.72. The zero-order valence-electron chi connectivity index (χ0n) is 21.5. The van der Waals surface area contributed by atoms with Crippen molar-refractivity contribution < 1.29 is 42.5 Å². The molecule has 1 heterocycles. The first kappa shape index (κ1) is 25.7. The molecule has 0 aromatic rings. The Labute approximate surface area is 209 Å². The van der Waals surface area contributed by atoms with Crippen molar-refractivity contribution >= 4 is 17.5 Å². The summed E-state index contributed by atoms with van der Waals surface area (Å²) in [5.41, 5.74) is -6.18. The van der Waals surface area contributed by atoms with Crippen molar-refractivity contribution in [3.05, 3.63) is 23.3 Å². The maximum Gasteiger partial charge on any atom is 0.303 e. The van der Waals surface area contributed by atoms with Crippen LogP contribution in [-0.4, -0.2) is 64.7 Å². The van der Waals surface area contributed by atoms with E-state index in [2.05, 4.69) is 0 Å². The van der Waals surface area contributed by atoms with Gasteiger partial charge in [0.2, 0.25) is 5.78 Å². The van der Waals surface area contributed by atoms with Crippen LogP contribution >= 0.6 is 0 Å². The summed E-state index contributed by atoms with van der Waals surface area (Å²) in [6.45, 7) is 8.87. The number of hydrogen-bond acceptors (Lipinski definition) is 7. The van der Waals surface area contributed by atoms with E-state index in [1.54, 1.807) is 34.6 Å². The minimum atomic E-state index is -2.28. The van der Waals surface area contributed by atoms with Gasteiger partial charge in [-0.05, 0) is 70.1 Å². The molecule has 0 amide bonds. The molecule has 4 aliphatic carbocycles. The van der Waals surface area contributed by atoms with Gasteiger partial charge in [0.1, 0.15) is 6.17 Å². The van der Waals surface area contributed by atoms with E-state index < -0.39 is 76.5 Å². The minimum Gasteiger partial charge on any atom is -0.458 e. The van der Waals surface area contributed by atoms with Gasteiger partial charge in [-0.3, -0.25) is 14.4 Å². The van der Waals surface area contributed by atoms with Crippen LogP contribution in [0.3, 0.4) is 0 Å². The molecule has 0 spiro atoms. The van der Waals surface area contributed by atoms with Gasteiger partial charge < -0.3 is 19.3 Å². The van der Waals surface area contributed by atoms with Gasteiger partial charge in [-0.15, -0.1) is 0 Å². The summed E-state index contributed by atoms with van der Waals surface area (Å²) in [7, 11) is 0. The number of halogens is 2. The number of rotatable bonds is 3. The Morgan fingerprint density at radius 3 is 2.50 bits per heavy atom. The van der Waals surface area contributed by atoms with Crippen molar-refractivity contribution in [1.29, 1.82) is 0 Å². The fourth-order valence-electron chi connectivity index (χ4n) is 8.36. The molecule has 4 fully saturated rings. The first-order valence-corrected chi connectivity index (χ1v) is 12.5. The number of allylic oxidation sites excluding steroid dienone is 4. The molecule has 1 aliphatic heterocycles. The van der Waals surface area contributed by atoms with Crippen LogP contribution in [0.25, 0.3) is 0 Å². The molecule has 3 saturated carbocycles. The van der Waals surface area contributed by atoms with Crippen LogP contribution in [0.15, 0.2) is 23.3 Å². The van der Waals surface area contributed by atoms with Crippen LogP contribution in [0.2, 0.25) is 0 Å². The van der Waals surface area contributed by atoms with Gasteiger partial charge >= 0.3 is 5.97 Å². The van der Waals surface area contributed by atoms with E-state index in [0.29, 0.717) is 5.57 Å². The third-order valence-corrected chi connectivity index (χ3v) is 9.74. The molecule has 0 aromatic heterocycles. The highest BCUT2D eigenvalue weighted by molar-refractivity contribution is 6.05. The van der Waals surface area contributed by atoms with Crippen LogP contribution < -0.4 is 0 Å². The summed E-state index contributed by atoms with van der Waals surface area (Å²) in [6, 6.07) is 0. The molecule has 36 heavy (non-hydrogen) atoms. The average Bonchev–Trinajstić information content (AvgIpc) is 3.17. The standard InChI is InChI=1S/C27H34F2O7/c1-13-10-24(5)17(8-19(13)31)18(28)7-16-15-9-22-27(36-23(3,4)35-22,21(33)12-34-14(2)30)25(15,6)11-20(32)26(16,24)29/h8,10,15-16,18,20,22,32H,7,9,11-12H2,1-6H3/t15-,16-,18-,20-,22+,24-,25-,26-,27+/m0/s1. The topological polar surface area (TPSA) is 99.1 Å². The molecule has 9 atom stereocenters. The van der Waals surface area contributed by atoms with Crippen LogP contribution in [0, 0.1) is 22.7 Å². The molecule has 1 N–H and O–H groups in total. The Morgan fingerprint density at radius 1 is 1.19 bits per heavy atom. The van der Waals surface area contributed by atoms with E-state index in [1.165, 1.54) is 19.1 Å². The number of ether oxygens (including phenoxy) is 3. The summed E-state index contributed by atoms with van der Waals surface area (Å²) in [4.78, 5) is 37.5. The maximum absolute atomic E-state index is 17.5. The van der Waals surface area contributed by atoms with Gasteiger partial charge in [0.05, 0.1) is 12.2 Å². The highest BCUT2D eigenvalue weighted by Gasteiger charge is 2.80. The number of carbonyl (C=O) groups excluding carboxylic acids is 3. The lowest BCUT2D eigenvalue weighted by atomic mass is 9.44. The SMILES string of the molecule is CC(=O)OCC(=O)[C@@]12OC(C)(C)O[C@@H]1C[C@H]1[C@@H]3C[C@H](F)C4=CC(=O)C(C)=C[C@]4(C)[C@@]3(F)[C@@H](O)C[C@@]12C. The Bertz CT molecular complexity index is 1110. The lowest BCUT2D eigenvalue weighted by Gasteiger charge is -2.63. The van der Waals surface area contributed by atoms with Crippen LogP contribution in [0.4, 0.5) is 8.78 Å². The molecule has 9 heteroatoms. The Morgan fingerprint density at radius 2 is 1.86 bits per heavy atom. The normalized spacial score (nSPS) is 48.7. The number of Topliss-reactive ketones (excluding diaryl/α,β-unsaturated/α-hetero) is 1. The molecule has 0 radical (unpaired) electrons. The van der Waals surface area contributed by atoms with Crippen LogP contribution in [0.5, 0.6) is 0 Å². The van der Waals surface area contributed by atoms with E-state index in [0.717, 1.165) is 0 Å². The lowest BCUT2D eigenvalue weighted by Crippen LogP contribution is -2.71. The summed E-state index contributed by atoms with van der Waals surface area (Å²) >= 11 is 0. The van der Waals surface area contributed by atoms with E-state index >= 15 is 8.78 Å². The van der Waals surface area contributed by atoms with Crippen molar-refractivity contribution in [2.24, 2.45) is 22.7 Å². The molecule has 7 nitrogen and oxygen atoms in total. The molecule has 0 aromatic carbocycles. The van der Waals surface area contributed by atoms with E-state index in [1.807, 2.05) is 0 Å². The second-order valence-electron chi connectivity index (χ2n) is 12.1. The van der Waals surface area contributed by atoms with Gasteiger partial charge in [-0.2, -0.15) is 0 Å². The van der Waals surface area contributed by atoms with E-state index in [9.17, 15) is 19.5 Å². The fraction of sp³-hybridized carbons (Fsp3) is 0.741. The lowest BCUT2D eigenvalue weighted by molar-refractivity contribution is -0.249. The number of alkyl halides is 2. The Hall–Kier alpha value is -1.97. The first-order chi connectivity index (χ1) is 16.5. The highest BCUT2D eigenvalue weighted by atomic mass is 19.1. The molecule has 198 valence electrons. The van der Waals surface area contributed by atoms with Crippen molar-refractivity contribution in [2.75, 3.05) is 6.61 Å². The van der Waals surface area contributed by atoms with Gasteiger partial charge in [-0.25, -0.2) is 8.78 Å². The molecule has 0 bridgehead atoms. The van der Waals surface area contributed by atoms with E-state index in [4.69, 9.17) is 14.2 Å².